The molecule has 2 amide bonds. The van der Waals surface area contributed by atoms with Crippen molar-refractivity contribution < 1.29 is 18.0 Å². The number of carbonyl (C=O) groups is 2. The fourth-order valence-electron chi connectivity index (χ4n) is 2.93. The van der Waals surface area contributed by atoms with Crippen LogP contribution in [0.15, 0.2) is 83.8 Å². The SMILES string of the molecule is CC(C)CC(=O)Nc1ccc(NC(=O)c2ccc(S(=O)(=O)Nc3ccccc3)cc2)cc1. The Morgan fingerprint density at radius 1 is 0.750 bits per heavy atom. The summed E-state index contributed by atoms with van der Waals surface area (Å²) in [5.74, 6) is -0.167. The molecule has 3 aromatic rings. The molecule has 3 N–H and O–H groups in total. The first-order valence-corrected chi connectivity index (χ1v) is 11.6. The molecular weight excluding hydrogens is 426 g/mol. The van der Waals surface area contributed by atoms with Gasteiger partial charge in [-0.05, 0) is 66.6 Å². The molecule has 3 rings (SSSR count). The minimum atomic E-state index is -3.75. The topological polar surface area (TPSA) is 104 Å². The Bertz CT molecular complexity index is 1170. The molecule has 166 valence electrons. The summed E-state index contributed by atoms with van der Waals surface area (Å²) in [4.78, 5) is 24.4. The van der Waals surface area contributed by atoms with E-state index in [1.54, 1.807) is 54.6 Å². The van der Waals surface area contributed by atoms with Gasteiger partial charge in [-0.25, -0.2) is 8.42 Å². The lowest BCUT2D eigenvalue weighted by Crippen LogP contribution is -2.15. The van der Waals surface area contributed by atoms with Gasteiger partial charge in [-0.1, -0.05) is 32.0 Å². The van der Waals surface area contributed by atoms with Gasteiger partial charge in [0.1, 0.15) is 0 Å². The smallest absolute Gasteiger partial charge is 0.261 e. The number of hydrogen-bond donors (Lipinski definition) is 3. The summed E-state index contributed by atoms with van der Waals surface area (Å²) >= 11 is 0. The van der Waals surface area contributed by atoms with E-state index in [1.807, 2.05) is 13.8 Å². The van der Waals surface area contributed by atoms with Gasteiger partial charge >= 0.3 is 0 Å². The molecule has 0 aliphatic rings. The standard InChI is InChI=1S/C24H25N3O4S/c1-17(2)16-23(28)25-19-10-12-20(13-11-19)26-24(29)18-8-14-22(15-9-18)32(30,31)27-21-6-4-3-5-7-21/h3-15,17,27H,16H2,1-2H3,(H,25,28)(H,26,29). The summed E-state index contributed by atoms with van der Waals surface area (Å²) in [6, 6.07) is 21.0. The van der Waals surface area contributed by atoms with E-state index in [4.69, 9.17) is 0 Å². The quantitative estimate of drug-likeness (QED) is 0.461. The lowest BCUT2D eigenvalue weighted by atomic mass is 10.1. The number of para-hydroxylation sites is 1. The van der Waals surface area contributed by atoms with Crippen LogP contribution >= 0.6 is 0 Å². The summed E-state index contributed by atoms with van der Waals surface area (Å²) in [6.45, 7) is 3.94. The van der Waals surface area contributed by atoms with E-state index in [0.717, 1.165) is 0 Å². The fourth-order valence-corrected chi connectivity index (χ4v) is 3.99. The highest BCUT2D eigenvalue weighted by Gasteiger charge is 2.15. The Balaban J connectivity index is 1.61. The second-order valence-electron chi connectivity index (χ2n) is 7.67. The van der Waals surface area contributed by atoms with Gasteiger partial charge < -0.3 is 10.6 Å². The van der Waals surface area contributed by atoms with Crippen LogP contribution in [0.2, 0.25) is 0 Å². The number of hydrogen-bond acceptors (Lipinski definition) is 4. The molecule has 0 heterocycles. The third-order valence-electron chi connectivity index (χ3n) is 4.47. The Labute approximate surface area is 187 Å². The molecule has 0 aliphatic heterocycles. The monoisotopic (exact) mass is 451 g/mol. The zero-order valence-corrected chi connectivity index (χ0v) is 18.6. The number of carbonyl (C=O) groups excluding carboxylic acids is 2. The average Bonchev–Trinajstić information content (AvgIpc) is 2.75. The molecule has 7 nitrogen and oxygen atoms in total. The molecular formula is C24H25N3O4S. The van der Waals surface area contributed by atoms with Crippen molar-refractivity contribution in [3.63, 3.8) is 0 Å². The number of rotatable bonds is 8. The van der Waals surface area contributed by atoms with Crippen molar-refractivity contribution in [3.8, 4) is 0 Å². The van der Waals surface area contributed by atoms with Gasteiger partial charge in [-0.15, -0.1) is 0 Å². The van der Waals surface area contributed by atoms with Crippen LogP contribution in [0.25, 0.3) is 0 Å². The minimum Gasteiger partial charge on any atom is -0.326 e. The number of sulfonamides is 1. The van der Waals surface area contributed by atoms with Crippen LogP contribution < -0.4 is 15.4 Å². The summed E-state index contributed by atoms with van der Waals surface area (Å²) in [5.41, 5.74) is 1.98. The van der Waals surface area contributed by atoms with E-state index >= 15 is 0 Å². The average molecular weight is 452 g/mol. The molecule has 0 radical (unpaired) electrons. The van der Waals surface area contributed by atoms with Gasteiger partial charge in [-0.3, -0.25) is 14.3 Å². The number of benzene rings is 3. The van der Waals surface area contributed by atoms with Gasteiger partial charge in [0.25, 0.3) is 15.9 Å². The number of amides is 2. The van der Waals surface area contributed by atoms with Crippen LogP contribution in [0.4, 0.5) is 17.1 Å². The maximum atomic E-state index is 12.5. The van der Waals surface area contributed by atoms with Gasteiger partial charge in [0, 0.05) is 29.0 Å². The Kier molecular flexibility index (Phi) is 7.27. The maximum Gasteiger partial charge on any atom is 0.261 e. The number of anilines is 3. The van der Waals surface area contributed by atoms with Crippen LogP contribution in [0.3, 0.4) is 0 Å². The fraction of sp³-hybridized carbons (Fsp3) is 0.167. The summed E-state index contributed by atoms with van der Waals surface area (Å²) < 4.78 is 27.5. The lowest BCUT2D eigenvalue weighted by molar-refractivity contribution is -0.116. The summed E-state index contributed by atoms with van der Waals surface area (Å²) in [6.07, 6.45) is 0.436. The van der Waals surface area contributed by atoms with E-state index in [2.05, 4.69) is 15.4 Å². The van der Waals surface area contributed by atoms with Crippen LogP contribution in [0, 0.1) is 5.92 Å². The largest absolute Gasteiger partial charge is 0.326 e. The highest BCUT2D eigenvalue weighted by atomic mass is 32.2. The Morgan fingerprint density at radius 3 is 1.88 bits per heavy atom. The van der Waals surface area contributed by atoms with Crippen LogP contribution in [-0.4, -0.2) is 20.2 Å². The summed E-state index contributed by atoms with van der Waals surface area (Å²) in [5, 5.41) is 5.56. The predicted molar refractivity (Wildman–Crippen MR) is 126 cm³/mol. The highest BCUT2D eigenvalue weighted by Crippen LogP contribution is 2.18. The highest BCUT2D eigenvalue weighted by molar-refractivity contribution is 7.92. The second-order valence-corrected chi connectivity index (χ2v) is 9.36. The Morgan fingerprint density at radius 2 is 1.31 bits per heavy atom. The normalized spacial score (nSPS) is 11.1. The molecule has 3 aromatic carbocycles. The van der Waals surface area contributed by atoms with Gasteiger partial charge in [0.2, 0.25) is 5.91 Å². The molecule has 0 aromatic heterocycles. The predicted octanol–water partition coefficient (Wildman–Crippen LogP) is 4.72. The molecule has 0 saturated heterocycles. The summed E-state index contributed by atoms with van der Waals surface area (Å²) in [7, 11) is -3.75. The maximum absolute atomic E-state index is 12.5. The van der Waals surface area contributed by atoms with E-state index < -0.39 is 10.0 Å². The number of nitrogens with one attached hydrogen (secondary N) is 3. The first-order chi connectivity index (χ1) is 15.2. The molecule has 0 saturated carbocycles. The van der Waals surface area contributed by atoms with Crippen molar-refractivity contribution in [2.75, 3.05) is 15.4 Å². The zero-order valence-electron chi connectivity index (χ0n) is 17.8. The second kappa shape index (κ2) is 10.1. The van der Waals surface area contributed by atoms with Crippen molar-refractivity contribution in [2.24, 2.45) is 5.92 Å². The first kappa shape index (κ1) is 23.0. The zero-order chi connectivity index (χ0) is 23.1. The first-order valence-electron chi connectivity index (χ1n) is 10.1. The minimum absolute atomic E-state index is 0.0550. The lowest BCUT2D eigenvalue weighted by Gasteiger charge is -2.10. The van der Waals surface area contributed by atoms with Crippen molar-refractivity contribution in [3.05, 3.63) is 84.4 Å². The van der Waals surface area contributed by atoms with Crippen LogP contribution in [-0.2, 0) is 14.8 Å². The van der Waals surface area contributed by atoms with Gasteiger partial charge in [0.15, 0.2) is 0 Å². The molecule has 0 fully saturated rings. The molecule has 0 unspecified atom stereocenters. The van der Waals surface area contributed by atoms with Crippen LogP contribution in [0.1, 0.15) is 30.6 Å². The van der Waals surface area contributed by atoms with Crippen LogP contribution in [0.5, 0.6) is 0 Å². The molecule has 0 spiro atoms. The van der Waals surface area contributed by atoms with Gasteiger partial charge in [0.05, 0.1) is 4.90 Å². The molecule has 0 atom stereocenters. The van der Waals surface area contributed by atoms with E-state index in [-0.39, 0.29) is 22.6 Å². The third kappa shape index (κ3) is 6.42. The molecule has 0 bridgehead atoms. The van der Waals surface area contributed by atoms with Crippen molar-refractivity contribution in [2.45, 2.75) is 25.2 Å². The van der Waals surface area contributed by atoms with E-state index in [0.29, 0.717) is 29.0 Å². The van der Waals surface area contributed by atoms with Crippen molar-refractivity contribution in [1.29, 1.82) is 0 Å². The third-order valence-corrected chi connectivity index (χ3v) is 5.87. The Hall–Kier alpha value is -3.65. The van der Waals surface area contributed by atoms with Crippen molar-refractivity contribution in [1.82, 2.24) is 0 Å². The molecule has 32 heavy (non-hydrogen) atoms. The van der Waals surface area contributed by atoms with Gasteiger partial charge in [-0.2, -0.15) is 0 Å². The van der Waals surface area contributed by atoms with E-state index in [1.165, 1.54) is 24.3 Å². The molecule has 8 heteroatoms. The molecule has 0 aliphatic carbocycles. The van der Waals surface area contributed by atoms with Crippen molar-refractivity contribution >= 4 is 38.9 Å². The van der Waals surface area contributed by atoms with E-state index in [9.17, 15) is 18.0 Å².